The third-order valence-electron chi connectivity index (χ3n) is 5.97. The molecule has 2 aliphatic heterocycles. The summed E-state index contributed by atoms with van der Waals surface area (Å²) in [5.41, 5.74) is 1.42. The van der Waals surface area contributed by atoms with Crippen LogP contribution in [0, 0.1) is 0 Å². The van der Waals surface area contributed by atoms with Crippen molar-refractivity contribution in [1.29, 1.82) is 0 Å². The third-order valence-corrected chi connectivity index (χ3v) is 5.97. The summed E-state index contributed by atoms with van der Waals surface area (Å²) in [6, 6.07) is 19.3. The van der Waals surface area contributed by atoms with Crippen LogP contribution in [0.15, 0.2) is 60.7 Å². The van der Waals surface area contributed by atoms with Crippen LogP contribution in [-0.2, 0) is 27.4 Å². The minimum atomic E-state index is -0.517. The summed E-state index contributed by atoms with van der Waals surface area (Å²) in [5.74, 6) is 0. The van der Waals surface area contributed by atoms with E-state index in [4.69, 9.17) is 14.2 Å². The summed E-state index contributed by atoms with van der Waals surface area (Å²) >= 11 is 0. The van der Waals surface area contributed by atoms with Crippen molar-refractivity contribution < 1.29 is 28.6 Å². The monoisotopic (exact) mass is 600 g/mol. The lowest BCUT2D eigenvalue weighted by atomic mass is 10.2. The zero-order valence-electron chi connectivity index (χ0n) is 27.0. The molecule has 0 bridgehead atoms. The summed E-state index contributed by atoms with van der Waals surface area (Å²) in [7, 11) is 0. The predicted octanol–water partition coefficient (Wildman–Crippen LogP) is 6.25. The fourth-order valence-electron chi connectivity index (χ4n) is 4.01. The molecule has 2 saturated heterocycles. The van der Waals surface area contributed by atoms with Gasteiger partial charge >= 0.3 is 18.3 Å². The standard InChI is InChI=1S/C17H24N2O4.C12H16N2O2.2C2H6/c1-17(2,3)23-16(21)19-10-9-14(11-19)18-15(20)22-12-13-7-5-4-6-8-13;15-12(14-11-6-7-13-8-11)16-9-10-4-2-1-3-5-10;2*1-2/h4-8,14H,9-12H2,1-3H3,(H,18,20);1-5,11,13H,6-9H2,(H,14,15);2*1-2H3/t14-;11-;;/m00../s1. The van der Waals surface area contributed by atoms with Gasteiger partial charge in [0, 0.05) is 25.7 Å². The first kappa shape index (κ1) is 37.2. The molecule has 2 atom stereocenters. The Morgan fingerprint density at radius 2 is 1.28 bits per heavy atom. The number of benzene rings is 2. The fourth-order valence-corrected chi connectivity index (χ4v) is 4.01. The van der Waals surface area contributed by atoms with Gasteiger partial charge in [-0.05, 0) is 51.3 Å². The average molecular weight is 601 g/mol. The summed E-state index contributed by atoms with van der Waals surface area (Å²) in [5, 5.41) is 8.79. The Hall–Kier alpha value is -3.79. The normalized spacial score (nSPS) is 17.0. The van der Waals surface area contributed by atoms with E-state index in [0.717, 1.165) is 30.6 Å². The van der Waals surface area contributed by atoms with Gasteiger partial charge in [-0.25, -0.2) is 14.4 Å². The predicted molar refractivity (Wildman–Crippen MR) is 170 cm³/mol. The summed E-state index contributed by atoms with van der Waals surface area (Å²) in [6.07, 6.45) is 0.516. The molecule has 2 aromatic rings. The van der Waals surface area contributed by atoms with Crippen LogP contribution in [0.25, 0.3) is 0 Å². The van der Waals surface area contributed by atoms with E-state index >= 15 is 0 Å². The number of likely N-dealkylation sites (tertiary alicyclic amines) is 1. The van der Waals surface area contributed by atoms with Gasteiger partial charge in [0.25, 0.3) is 0 Å². The molecule has 0 aromatic heterocycles. The first-order valence-corrected chi connectivity index (χ1v) is 15.3. The molecule has 240 valence electrons. The molecular weight excluding hydrogens is 548 g/mol. The van der Waals surface area contributed by atoms with Gasteiger partial charge in [0.05, 0.1) is 6.04 Å². The van der Waals surface area contributed by atoms with Crippen LogP contribution in [-0.4, -0.2) is 67.0 Å². The number of alkyl carbamates (subject to hydrolysis) is 2. The van der Waals surface area contributed by atoms with Crippen LogP contribution in [0.5, 0.6) is 0 Å². The van der Waals surface area contributed by atoms with Gasteiger partial charge in [-0.3, -0.25) is 0 Å². The number of hydrogen-bond donors (Lipinski definition) is 3. The fraction of sp³-hybridized carbons (Fsp3) is 0.545. The lowest BCUT2D eigenvalue weighted by molar-refractivity contribution is 0.0289. The van der Waals surface area contributed by atoms with Crippen molar-refractivity contribution in [3.8, 4) is 0 Å². The van der Waals surface area contributed by atoms with Crippen molar-refractivity contribution in [1.82, 2.24) is 20.9 Å². The van der Waals surface area contributed by atoms with Crippen molar-refractivity contribution in [2.75, 3.05) is 26.2 Å². The van der Waals surface area contributed by atoms with Crippen LogP contribution in [0.1, 0.15) is 72.4 Å². The third kappa shape index (κ3) is 16.4. The average Bonchev–Trinajstić information content (AvgIpc) is 3.70. The molecule has 0 saturated carbocycles. The highest BCUT2D eigenvalue weighted by atomic mass is 16.6. The minimum absolute atomic E-state index is 0.106. The summed E-state index contributed by atoms with van der Waals surface area (Å²) in [6.45, 7) is 16.9. The number of hydrogen-bond acceptors (Lipinski definition) is 7. The smallest absolute Gasteiger partial charge is 0.410 e. The molecule has 0 spiro atoms. The number of carbonyl (C=O) groups excluding carboxylic acids is 3. The molecule has 4 rings (SSSR count). The van der Waals surface area contributed by atoms with E-state index in [2.05, 4.69) is 16.0 Å². The van der Waals surface area contributed by atoms with E-state index in [0.29, 0.717) is 26.1 Å². The molecule has 2 heterocycles. The van der Waals surface area contributed by atoms with Crippen molar-refractivity contribution in [2.45, 2.75) is 92.2 Å². The van der Waals surface area contributed by atoms with Crippen LogP contribution in [0.2, 0.25) is 0 Å². The molecular formula is C33H52N4O6. The van der Waals surface area contributed by atoms with E-state index in [-0.39, 0.29) is 30.9 Å². The molecule has 0 radical (unpaired) electrons. The van der Waals surface area contributed by atoms with Crippen molar-refractivity contribution in [3.63, 3.8) is 0 Å². The zero-order chi connectivity index (χ0) is 32.1. The highest BCUT2D eigenvalue weighted by Crippen LogP contribution is 2.15. The largest absolute Gasteiger partial charge is 0.445 e. The maximum atomic E-state index is 12.0. The number of nitrogens with one attached hydrogen (secondary N) is 3. The first-order valence-electron chi connectivity index (χ1n) is 15.3. The topological polar surface area (TPSA) is 118 Å². The Morgan fingerprint density at radius 3 is 1.72 bits per heavy atom. The van der Waals surface area contributed by atoms with Crippen molar-refractivity contribution >= 4 is 18.3 Å². The molecule has 3 amide bonds. The van der Waals surface area contributed by atoms with Crippen LogP contribution in [0.3, 0.4) is 0 Å². The molecule has 2 aliphatic rings. The minimum Gasteiger partial charge on any atom is -0.445 e. The van der Waals surface area contributed by atoms with E-state index in [1.807, 2.05) is 109 Å². The number of rotatable bonds is 6. The number of carbonyl (C=O) groups is 3. The molecule has 43 heavy (non-hydrogen) atoms. The molecule has 10 heteroatoms. The quantitative estimate of drug-likeness (QED) is 0.336. The van der Waals surface area contributed by atoms with Crippen molar-refractivity contribution in [2.24, 2.45) is 0 Å². The molecule has 0 aliphatic carbocycles. The van der Waals surface area contributed by atoms with Gasteiger partial charge in [-0.15, -0.1) is 0 Å². The highest BCUT2D eigenvalue weighted by Gasteiger charge is 2.30. The van der Waals surface area contributed by atoms with E-state index in [1.54, 1.807) is 4.90 Å². The highest BCUT2D eigenvalue weighted by molar-refractivity contribution is 5.70. The molecule has 10 nitrogen and oxygen atoms in total. The van der Waals surface area contributed by atoms with Crippen LogP contribution < -0.4 is 16.0 Å². The number of ether oxygens (including phenoxy) is 3. The van der Waals surface area contributed by atoms with E-state index < -0.39 is 11.7 Å². The van der Waals surface area contributed by atoms with Crippen LogP contribution in [0.4, 0.5) is 14.4 Å². The maximum absolute atomic E-state index is 12.0. The lowest BCUT2D eigenvalue weighted by Gasteiger charge is -2.24. The Bertz CT molecular complexity index is 1040. The molecule has 2 fully saturated rings. The Morgan fingerprint density at radius 1 is 0.791 bits per heavy atom. The lowest BCUT2D eigenvalue weighted by Crippen LogP contribution is -2.40. The van der Waals surface area contributed by atoms with Gasteiger partial charge in [-0.1, -0.05) is 88.4 Å². The Balaban J connectivity index is 0.000000404. The second-order valence-corrected chi connectivity index (χ2v) is 10.5. The van der Waals surface area contributed by atoms with Gasteiger partial charge in [0.2, 0.25) is 0 Å². The van der Waals surface area contributed by atoms with Gasteiger partial charge < -0.3 is 35.1 Å². The van der Waals surface area contributed by atoms with Gasteiger partial charge in [-0.2, -0.15) is 0 Å². The van der Waals surface area contributed by atoms with E-state index in [9.17, 15) is 14.4 Å². The zero-order valence-corrected chi connectivity index (χ0v) is 27.0. The SMILES string of the molecule is CC.CC.CC(C)(C)OC(=O)N1CC[C@H](NC(=O)OCc2ccccc2)C1.O=C(N[C@H]1CCNC1)OCc1ccccc1. The van der Waals surface area contributed by atoms with Crippen molar-refractivity contribution in [3.05, 3.63) is 71.8 Å². The van der Waals surface area contributed by atoms with Gasteiger partial charge in [0.15, 0.2) is 0 Å². The molecule has 3 N–H and O–H groups in total. The molecule has 2 aromatic carbocycles. The number of nitrogens with zero attached hydrogens (tertiary/aromatic N) is 1. The Labute approximate surface area is 257 Å². The summed E-state index contributed by atoms with van der Waals surface area (Å²) < 4.78 is 15.6. The molecule has 0 unspecified atom stereocenters. The summed E-state index contributed by atoms with van der Waals surface area (Å²) in [4.78, 5) is 36.8. The first-order chi connectivity index (χ1) is 20.7. The second-order valence-electron chi connectivity index (χ2n) is 10.5. The second kappa shape index (κ2) is 21.0. The van der Waals surface area contributed by atoms with Crippen LogP contribution >= 0.6 is 0 Å². The van der Waals surface area contributed by atoms with E-state index in [1.165, 1.54) is 0 Å². The van der Waals surface area contributed by atoms with Gasteiger partial charge in [0.1, 0.15) is 18.8 Å². The maximum Gasteiger partial charge on any atom is 0.410 e. The number of amides is 3. The Kier molecular flexibility index (Phi) is 18.2.